The highest BCUT2D eigenvalue weighted by molar-refractivity contribution is 6.34. The number of hydrogen-bond acceptors (Lipinski definition) is 7. The summed E-state index contributed by atoms with van der Waals surface area (Å²) in [4.78, 5) is 31.0. The van der Waals surface area contributed by atoms with Crippen molar-refractivity contribution in [3.05, 3.63) is 35.0 Å². The van der Waals surface area contributed by atoms with Gasteiger partial charge in [-0.1, -0.05) is 65.3 Å². The predicted molar refractivity (Wildman–Crippen MR) is 176 cm³/mol. The third-order valence-electron chi connectivity index (χ3n) is 9.59. The Balaban J connectivity index is 1.14. The van der Waals surface area contributed by atoms with Crippen molar-refractivity contribution in [2.45, 2.75) is 105 Å². The van der Waals surface area contributed by atoms with Crippen LogP contribution in [0.3, 0.4) is 0 Å². The third kappa shape index (κ3) is 7.72. The molecule has 0 radical (unpaired) electrons. The number of ether oxygens (including phenoxy) is 2. The second kappa shape index (κ2) is 14.2. The smallest absolute Gasteiger partial charge is 0.311 e. The van der Waals surface area contributed by atoms with Crippen LogP contribution >= 0.6 is 11.6 Å². The molecule has 3 aromatic rings. The van der Waals surface area contributed by atoms with Crippen LogP contribution in [0.5, 0.6) is 0 Å². The fourth-order valence-electron chi connectivity index (χ4n) is 7.11. The van der Waals surface area contributed by atoms with E-state index in [1.54, 1.807) is 11.6 Å². The number of rotatable bonds is 10. The summed E-state index contributed by atoms with van der Waals surface area (Å²) in [5.74, 6) is 1.94. The Kier molecular flexibility index (Phi) is 10.6. The minimum atomic E-state index is -0.525. The Morgan fingerprint density at radius 1 is 1.07 bits per heavy atom. The molecule has 11 heteroatoms. The van der Waals surface area contributed by atoms with Crippen LogP contribution in [-0.4, -0.2) is 56.7 Å². The van der Waals surface area contributed by atoms with E-state index >= 15 is 0 Å². The van der Waals surface area contributed by atoms with Gasteiger partial charge in [-0.2, -0.15) is 4.63 Å². The first-order valence-corrected chi connectivity index (χ1v) is 16.9. The number of aromatic amines is 1. The molecule has 0 spiro atoms. The number of nitrogens with zero attached hydrogens (tertiary/aromatic N) is 3. The zero-order valence-electron chi connectivity index (χ0n) is 27.6. The lowest BCUT2D eigenvalue weighted by atomic mass is 9.75. The Bertz CT molecular complexity index is 1470. The minimum absolute atomic E-state index is 0.0385. The number of carbonyl (C=O) groups is 2. The molecule has 0 bridgehead atoms. The first-order chi connectivity index (χ1) is 21.4. The van der Waals surface area contributed by atoms with Gasteiger partial charge >= 0.3 is 5.97 Å². The molecule has 246 valence electrons. The maximum atomic E-state index is 13.4. The number of amides is 1. The molecular weight excluding hydrogens is 592 g/mol. The van der Waals surface area contributed by atoms with E-state index in [1.165, 1.54) is 0 Å². The molecule has 2 aliphatic carbocycles. The van der Waals surface area contributed by atoms with E-state index in [2.05, 4.69) is 67.4 Å². The van der Waals surface area contributed by atoms with Gasteiger partial charge in [-0.25, -0.2) is 4.98 Å². The summed E-state index contributed by atoms with van der Waals surface area (Å²) in [6.07, 6.45) is 4.42. The molecule has 5 rings (SSSR count). The van der Waals surface area contributed by atoms with E-state index in [1.807, 2.05) is 24.3 Å². The van der Waals surface area contributed by atoms with Crippen LogP contribution in [0.2, 0.25) is 5.02 Å². The van der Waals surface area contributed by atoms with Crippen LogP contribution in [-0.2, 0) is 19.1 Å². The second-order valence-corrected chi connectivity index (χ2v) is 14.3. The highest BCUT2D eigenvalue weighted by Gasteiger charge is 2.40. The lowest BCUT2D eigenvalue weighted by molar-refractivity contribution is -0.171. The maximum Gasteiger partial charge on any atom is 0.311 e. The minimum Gasteiger partial charge on any atom is -0.462 e. The Labute approximate surface area is 271 Å². The number of benzene rings is 1. The first-order valence-electron chi connectivity index (χ1n) is 16.5. The van der Waals surface area contributed by atoms with Gasteiger partial charge in [0, 0.05) is 11.3 Å². The Morgan fingerprint density at radius 3 is 2.49 bits per heavy atom. The van der Waals surface area contributed by atoms with E-state index in [0.29, 0.717) is 45.9 Å². The van der Waals surface area contributed by atoms with Gasteiger partial charge in [0.25, 0.3) is 0 Å². The maximum absolute atomic E-state index is 13.4. The topological polar surface area (TPSA) is 123 Å². The van der Waals surface area contributed by atoms with Gasteiger partial charge < -0.3 is 14.8 Å². The molecule has 45 heavy (non-hydrogen) atoms. The third-order valence-corrected chi connectivity index (χ3v) is 9.96. The zero-order valence-corrected chi connectivity index (χ0v) is 28.4. The van der Waals surface area contributed by atoms with Gasteiger partial charge in [0.2, 0.25) is 5.91 Å². The van der Waals surface area contributed by atoms with Crippen LogP contribution in [0.15, 0.2) is 24.3 Å². The van der Waals surface area contributed by atoms with Crippen LogP contribution in [0.4, 0.5) is 5.69 Å². The number of aromatic nitrogens is 4. The predicted octanol–water partition coefficient (Wildman–Crippen LogP) is 6.81. The summed E-state index contributed by atoms with van der Waals surface area (Å²) in [6.45, 7) is 14.9. The van der Waals surface area contributed by atoms with Gasteiger partial charge in [-0.05, 0) is 80.8 Å². The number of H-pyrrole nitrogens is 1. The van der Waals surface area contributed by atoms with Crippen molar-refractivity contribution in [1.29, 1.82) is 0 Å². The van der Waals surface area contributed by atoms with Gasteiger partial charge in [0.05, 0.1) is 30.5 Å². The van der Waals surface area contributed by atoms with E-state index in [4.69, 9.17) is 21.1 Å². The quantitative estimate of drug-likeness (QED) is 0.164. The highest BCUT2D eigenvalue weighted by Crippen LogP contribution is 2.37. The fraction of sp³-hybridized carbons (Fsp3) is 0.647. The zero-order chi connectivity index (χ0) is 32.4. The molecule has 2 saturated carbocycles. The van der Waals surface area contributed by atoms with Crippen LogP contribution < -0.4 is 10.6 Å². The van der Waals surface area contributed by atoms with Gasteiger partial charge in [-0.3, -0.25) is 20.0 Å². The van der Waals surface area contributed by atoms with Crippen molar-refractivity contribution < 1.29 is 19.1 Å². The average Bonchev–Trinajstić information content (AvgIpc) is 3.54. The molecule has 5 unspecified atom stereocenters. The molecule has 10 nitrogen and oxygen atoms in total. The molecule has 2 aliphatic rings. The second-order valence-electron chi connectivity index (χ2n) is 14.0. The van der Waals surface area contributed by atoms with Gasteiger partial charge in [0.1, 0.15) is 11.1 Å². The number of esters is 1. The van der Waals surface area contributed by atoms with Crippen molar-refractivity contribution >= 4 is 34.8 Å². The molecule has 2 fully saturated rings. The summed E-state index contributed by atoms with van der Waals surface area (Å²) in [5.41, 5.74) is 2.84. The number of carbonyl (C=O) groups excluding carboxylic acids is 2. The summed E-state index contributed by atoms with van der Waals surface area (Å²) in [5, 5.41) is 14.4. The van der Waals surface area contributed by atoms with E-state index in [-0.39, 0.29) is 42.7 Å². The standard InChI is InChI=1S/C34H49ClN6O4/c1-18(2)29-28(35)32-38-31(40-41(32)39-29)24-9-8-10-25(16-24)37-33(42)23(7)36-17-44-27-15-19(3)11-12-26(27)34(43)45-30-21(5)13-20(4)14-22(30)6/h8-10,16,18-23,26-27,30,36,39H,11-15,17H2,1-7H3,(H,37,42)/t19?,20?,21?,22?,23?,26-,27?,30?/m1/s1. The Morgan fingerprint density at radius 2 is 1.80 bits per heavy atom. The molecule has 6 atom stereocenters. The lowest BCUT2D eigenvalue weighted by Crippen LogP contribution is -2.45. The number of hydrogen-bond donors (Lipinski definition) is 3. The number of nitrogens with one attached hydrogen (secondary N) is 3. The number of fused-ring (bicyclic) bond motifs is 1. The van der Waals surface area contributed by atoms with Crippen LogP contribution in [0, 0.1) is 29.6 Å². The summed E-state index contributed by atoms with van der Waals surface area (Å²) < 4.78 is 14.0. The summed E-state index contributed by atoms with van der Waals surface area (Å²) in [7, 11) is 0. The normalized spacial score (nSPS) is 27.9. The fourth-order valence-corrected chi connectivity index (χ4v) is 7.49. The van der Waals surface area contributed by atoms with Gasteiger partial charge in [0.15, 0.2) is 11.5 Å². The average molecular weight is 641 g/mol. The molecule has 0 aliphatic heterocycles. The molecule has 1 amide bonds. The van der Waals surface area contributed by atoms with Crippen molar-refractivity contribution in [1.82, 2.24) is 25.1 Å². The Hall–Kier alpha value is -2.95. The molecular formula is C34H49ClN6O4. The van der Waals surface area contributed by atoms with E-state index < -0.39 is 6.04 Å². The molecule has 2 aromatic heterocycles. The molecule has 3 N–H and O–H groups in total. The lowest BCUT2D eigenvalue weighted by Gasteiger charge is -2.39. The SMILES string of the molecule is CC1CC(C)C(OC(=O)[C@@H]2CCC(C)CC2OCNC(C)C(=O)Nc2cccc(-c3nc4c(Cl)c(C(C)C)[nH]n4n3)c2)C(C)C1. The van der Waals surface area contributed by atoms with Gasteiger partial charge in [-0.15, -0.1) is 5.10 Å². The molecule has 2 heterocycles. The summed E-state index contributed by atoms with van der Waals surface area (Å²) in [6, 6.07) is 6.87. The van der Waals surface area contributed by atoms with Crippen molar-refractivity contribution in [2.75, 3.05) is 12.0 Å². The van der Waals surface area contributed by atoms with E-state index in [0.717, 1.165) is 43.4 Å². The van der Waals surface area contributed by atoms with Crippen LogP contribution in [0.25, 0.3) is 17.0 Å². The highest BCUT2D eigenvalue weighted by atomic mass is 35.5. The largest absolute Gasteiger partial charge is 0.462 e. The number of halogens is 1. The molecule has 1 aromatic carbocycles. The molecule has 0 saturated heterocycles. The van der Waals surface area contributed by atoms with Crippen molar-refractivity contribution in [3.8, 4) is 11.4 Å². The monoisotopic (exact) mass is 640 g/mol. The van der Waals surface area contributed by atoms with Crippen molar-refractivity contribution in [2.24, 2.45) is 29.6 Å². The number of anilines is 1. The summed E-state index contributed by atoms with van der Waals surface area (Å²) >= 11 is 6.51. The van der Waals surface area contributed by atoms with E-state index in [9.17, 15) is 9.59 Å². The van der Waals surface area contributed by atoms with Crippen molar-refractivity contribution in [3.63, 3.8) is 0 Å². The first kappa shape index (κ1) is 33.4. The van der Waals surface area contributed by atoms with Crippen LogP contribution in [0.1, 0.15) is 92.2 Å².